The second kappa shape index (κ2) is 12.6. The summed E-state index contributed by atoms with van der Waals surface area (Å²) in [5, 5.41) is 33.6. The van der Waals surface area contributed by atoms with Gasteiger partial charge in [0, 0.05) is 26.2 Å². The number of aliphatic carboxylic acids is 2. The molecule has 15 nitrogen and oxygen atoms in total. The minimum atomic E-state index is -4.94. The number of furan rings is 1. The van der Waals surface area contributed by atoms with Gasteiger partial charge < -0.3 is 24.4 Å². The Morgan fingerprint density at radius 1 is 0.623 bits per heavy atom. The number of hydrogen-bond acceptors (Lipinski definition) is 9. The van der Waals surface area contributed by atoms with Crippen molar-refractivity contribution in [3.8, 4) is 34.3 Å². The van der Waals surface area contributed by atoms with Crippen LogP contribution in [0.3, 0.4) is 0 Å². The number of carboxylic acid groups (broad SMARTS) is 2. The number of likely N-dealkylation sites (tertiary alicyclic amines) is 2. The average Bonchev–Trinajstić information content (AvgIpc) is 3.82. The number of hydrogen-bond donors (Lipinski definition) is 2. The third-order valence-electron chi connectivity index (χ3n) is 8.74. The first-order valence-electron chi connectivity index (χ1n) is 15.4. The van der Waals surface area contributed by atoms with Crippen molar-refractivity contribution >= 4 is 23.8 Å². The van der Waals surface area contributed by atoms with Gasteiger partial charge in [-0.15, -0.1) is 10.2 Å². The molecule has 7 rings (SSSR count). The number of nitrogens with zero attached hydrogens (tertiary/aromatic N) is 8. The molecule has 0 saturated carbocycles. The molecule has 0 aliphatic carbocycles. The molecule has 2 fully saturated rings. The van der Waals surface area contributed by atoms with Crippen LogP contribution < -0.4 is 0 Å². The van der Waals surface area contributed by atoms with Crippen molar-refractivity contribution in [2.24, 2.45) is 11.8 Å². The van der Waals surface area contributed by atoms with Crippen LogP contribution in [0.5, 0.6) is 0 Å². The highest BCUT2D eigenvalue weighted by atomic mass is 19.4. The molecule has 2 saturated heterocycles. The van der Waals surface area contributed by atoms with Crippen molar-refractivity contribution in [1.29, 1.82) is 0 Å². The van der Waals surface area contributed by atoms with Gasteiger partial charge in [0.1, 0.15) is 11.4 Å². The van der Waals surface area contributed by atoms with Crippen LogP contribution in [0.15, 0.2) is 65.3 Å². The fourth-order valence-corrected chi connectivity index (χ4v) is 5.75. The van der Waals surface area contributed by atoms with Gasteiger partial charge in [0.05, 0.1) is 57.9 Å². The number of carbonyl (C=O) groups is 4. The van der Waals surface area contributed by atoms with Gasteiger partial charge in [0.15, 0.2) is 11.5 Å². The summed E-state index contributed by atoms with van der Waals surface area (Å²) >= 11 is 0. The molecule has 2 amide bonds. The lowest BCUT2D eigenvalue weighted by Crippen LogP contribution is -2.53. The maximum atomic E-state index is 14.0. The zero-order valence-electron chi connectivity index (χ0n) is 26.5. The van der Waals surface area contributed by atoms with Crippen molar-refractivity contribution in [2.45, 2.75) is 12.4 Å². The van der Waals surface area contributed by atoms with Gasteiger partial charge in [-0.1, -0.05) is 10.4 Å². The Balaban J connectivity index is 1.09. The number of alkyl halides is 6. The molecule has 5 heterocycles. The quantitative estimate of drug-likeness (QED) is 0.218. The fraction of sp³-hybridized carbons (Fsp3) is 0.250. The van der Waals surface area contributed by atoms with E-state index in [2.05, 4.69) is 20.6 Å². The van der Waals surface area contributed by atoms with Crippen molar-refractivity contribution < 1.29 is 60.2 Å². The van der Waals surface area contributed by atoms with Gasteiger partial charge in [0.2, 0.25) is 0 Å². The van der Waals surface area contributed by atoms with Crippen LogP contribution in [-0.4, -0.2) is 99.9 Å². The third-order valence-corrected chi connectivity index (χ3v) is 8.74. The molecule has 5 aromatic rings. The fourth-order valence-electron chi connectivity index (χ4n) is 5.75. The van der Waals surface area contributed by atoms with Crippen molar-refractivity contribution in [1.82, 2.24) is 39.8 Å². The SMILES string of the molecule is O=C(O)C1CN(C(=O)c2ccc(-n3cc(-c4ccc(-c5cn(-c6ccc(C(=O)N7CC(C(=O)O)C7)c(C(F)(F)F)c6)nn5)o4)nn3)cc2C(F)(F)F)C1. The van der Waals surface area contributed by atoms with Gasteiger partial charge in [0.25, 0.3) is 11.8 Å². The number of halogens is 6. The van der Waals surface area contributed by atoms with E-state index in [-0.39, 0.29) is 60.5 Å². The van der Waals surface area contributed by atoms with Gasteiger partial charge in [-0.2, -0.15) is 26.3 Å². The first-order chi connectivity index (χ1) is 25.0. The number of benzene rings is 2. The normalized spacial score (nSPS) is 15.3. The molecular formula is C32H22F6N8O7. The predicted octanol–water partition coefficient (Wildman–Crippen LogP) is 4.13. The maximum absolute atomic E-state index is 14.0. The number of amides is 2. The van der Waals surface area contributed by atoms with E-state index in [1.165, 1.54) is 36.7 Å². The Kier molecular flexibility index (Phi) is 8.29. The van der Waals surface area contributed by atoms with E-state index < -0.39 is 70.2 Å². The molecule has 0 atom stereocenters. The summed E-state index contributed by atoms with van der Waals surface area (Å²) < 4.78 is 91.9. The Hall–Kier alpha value is -6.54. The molecule has 2 aliphatic heterocycles. The molecular weight excluding hydrogens is 722 g/mol. The Morgan fingerprint density at radius 2 is 1.00 bits per heavy atom. The number of rotatable bonds is 8. The van der Waals surface area contributed by atoms with Crippen molar-refractivity contribution in [3.63, 3.8) is 0 Å². The van der Waals surface area contributed by atoms with Crippen LogP contribution >= 0.6 is 0 Å². The van der Waals surface area contributed by atoms with E-state index >= 15 is 0 Å². The van der Waals surface area contributed by atoms with E-state index in [1.54, 1.807) is 0 Å². The average molecular weight is 745 g/mol. The minimum absolute atomic E-state index is 0.0737. The summed E-state index contributed by atoms with van der Waals surface area (Å²) in [6.07, 6.45) is -7.37. The van der Waals surface area contributed by atoms with E-state index in [0.29, 0.717) is 12.1 Å². The summed E-state index contributed by atoms with van der Waals surface area (Å²) in [5.74, 6) is -5.76. The highest BCUT2D eigenvalue weighted by Gasteiger charge is 2.42. The smallest absolute Gasteiger partial charge is 0.417 e. The Bertz CT molecular complexity index is 2130. The molecule has 0 spiro atoms. The summed E-state index contributed by atoms with van der Waals surface area (Å²) in [4.78, 5) is 49.6. The number of carbonyl (C=O) groups excluding carboxylic acids is 2. The van der Waals surface area contributed by atoms with Crippen LogP contribution in [0.25, 0.3) is 34.3 Å². The summed E-state index contributed by atoms with van der Waals surface area (Å²) in [5.41, 5.74) is -3.88. The lowest BCUT2D eigenvalue weighted by Gasteiger charge is -2.37. The van der Waals surface area contributed by atoms with Gasteiger partial charge >= 0.3 is 24.3 Å². The van der Waals surface area contributed by atoms with Gasteiger partial charge in [-0.05, 0) is 48.5 Å². The van der Waals surface area contributed by atoms with Gasteiger partial charge in [-0.3, -0.25) is 19.2 Å². The van der Waals surface area contributed by atoms with Crippen LogP contribution in [0, 0.1) is 11.8 Å². The second-order valence-electron chi connectivity index (χ2n) is 12.2. The van der Waals surface area contributed by atoms with Crippen molar-refractivity contribution in [2.75, 3.05) is 26.2 Å². The van der Waals surface area contributed by atoms with Crippen LogP contribution in [0.1, 0.15) is 31.8 Å². The Morgan fingerprint density at radius 3 is 1.34 bits per heavy atom. The monoisotopic (exact) mass is 744 g/mol. The molecule has 2 aliphatic rings. The van der Waals surface area contributed by atoms with E-state index in [0.717, 1.165) is 31.3 Å². The maximum Gasteiger partial charge on any atom is 0.417 e. The molecule has 0 bridgehead atoms. The molecule has 2 N–H and O–H groups in total. The summed E-state index contributed by atoms with van der Waals surface area (Å²) in [6.45, 7) is -0.859. The van der Waals surface area contributed by atoms with Gasteiger partial charge in [-0.25, -0.2) is 9.36 Å². The highest BCUT2D eigenvalue weighted by Crippen LogP contribution is 2.37. The zero-order valence-corrected chi connectivity index (χ0v) is 26.5. The van der Waals surface area contributed by atoms with E-state index in [1.807, 2.05) is 0 Å². The lowest BCUT2D eigenvalue weighted by molar-refractivity contribution is -0.147. The standard InChI is InChI=1S/C32H22F6N8O7/c33-31(34,35)21-7-17(1-3-19(21)27(47)43-9-15(10-43)29(49)50)45-13-23(39-41-45)25-5-6-26(53-25)24-14-46(42-40-24)18-2-4-20(22(8-18)32(36,37)38)28(48)44-11-16(12-44)30(51)52/h1-8,13-16H,9-12H2,(H,49,50)(H,51,52). The topological polar surface area (TPSA) is 190 Å². The second-order valence-corrected chi connectivity index (χ2v) is 12.2. The Labute approximate surface area is 291 Å². The highest BCUT2D eigenvalue weighted by molar-refractivity contribution is 5.98. The lowest BCUT2D eigenvalue weighted by atomic mass is 9.97. The molecule has 3 aromatic heterocycles. The third kappa shape index (κ3) is 6.55. The van der Waals surface area contributed by atoms with Crippen LogP contribution in [-0.2, 0) is 21.9 Å². The summed E-state index contributed by atoms with van der Waals surface area (Å²) in [6, 6.07) is 8.66. The number of carboxylic acids is 2. The van der Waals surface area contributed by atoms with Crippen LogP contribution in [0.4, 0.5) is 26.3 Å². The minimum Gasteiger partial charge on any atom is -0.481 e. The van der Waals surface area contributed by atoms with Crippen molar-refractivity contribution in [3.05, 3.63) is 83.2 Å². The first-order valence-corrected chi connectivity index (χ1v) is 15.4. The van der Waals surface area contributed by atoms with Crippen LogP contribution in [0.2, 0.25) is 0 Å². The molecule has 274 valence electrons. The molecule has 2 aromatic carbocycles. The molecule has 0 unspecified atom stereocenters. The first kappa shape index (κ1) is 34.9. The van der Waals surface area contributed by atoms with E-state index in [9.17, 15) is 45.5 Å². The molecule has 21 heteroatoms. The largest absolute Gasteiger partial charge is 0.481 e. The molecule has 53 heavy (non-hydrogen) atoms. The zero-order chi connectivity index (χ0) is 38.0. The predicted molar refractivity (Wildman–Crippen MR) is 163 cm³/mol. The van der Waals surface area contributed by atoms with E-state index in [4.69, 9.17) is 14.6 Å². The number of aromatic nitrogens is 6. The summed E-state index contributed by atoms with van der Waals surface area (Å²) in [7, 11) is 0. The molecule has 0 radical (unpaired) electrons.